The maximum absolute atomic E-state index is 13.3. The van der Waals surface area contributed by atoms with Gasteiger partial charge in [0.25, 0.3) is 0 Å². The Bertz CT molecular complexity index is 549. The lowest BCUT2D eigenvalue weighted by Crippen LogP contribution is -2.12. The summed E-state index contributed by atoms with van der Waals surface area (Å²) >= 11 is 0. The van der Waals surface area contributed by atoms with Gasteiger partial charge in [0.2, 0.25) is 0 Å². The van der Waals surface area contributed by atoms with Gasteiger partial charge < -0.3 is 10.2 Å². The summed E-state index contributed by atoms with van der Waals surface area (Å²) in [6.07, 6.45) is 1.57. The Morgan fingerprint density at radius 2 is 2.11 bits per heavy atom. The van der Waals surface area contributed by atoms with Gasteiger partial charge >= 0.3 is 0 Å². The van der Waals surface area contributed by atoms with Crippen molar-refractivity contribution < 1.29 is 13.5 Å². The first-order chi connectivity index (χ1) is 8.70. The van der Waals surface area contributed by atoms with E-state index in [4.69, 9.17) is 10.6 Å². The number of rotatable bonds is 4. The summed E-state index contributed by atoms with van der Waals surface area (Å²) < 4.78 is 31.3. The van der Waals surface area contributed by atoms with E-state index >= 15 is 0 Å². The SMILES string of the molecule is NNc1ncccc1COc1ccc(F)cc1F. The minimum atomic E-state index is -0.749. The minimum absolute atomic E-state index is 0.0248. The van der Waals surface area contributed by atoms with Gasteiger partial charge in [0, 0.05) is 17.8 Å². The zero-order valence-corrected chi connectivity index (χ0v) is 9.36. The van der Waals surface area contributed by atoms with Gasteiger partial charge in [-0.25, -0.2) is 19.6 Å². The van der Waals surface area contributed by atoms with Crippen molar-refractivity contribution in [1.82, 2.24) is 4.98 Å². The standard InChI is InChI=1S/C12H11F2N3O/c13-9-3-4-11(10(14)6-9)18-7-8-2-1-5-16-12(8)17-15/h1-6H,7,15H2,(H,16,17). The highest BCUT2D eigenvalue weighted by Gasteiger charge is 2.07. The Hall–Kier alpha value is -2.21. The maximum atomic E-state index is 13.3. The van der Waals surface area contributed by atoms with Gasteiger partial charge in [-0.2, -0.15) is 0 Å². The van der Waals surface area contributed by atoms with Crippen LogP contribution in [0.2, 0.25) is 0 Å². The third kappa shape index (κ3) is 2.72. The Morgan fingerprint density at radius 1 is 1.28 bits per heavy atom. The van der Waals surface area contributed by atoms with Crippen LogP contribution < -0.4 is 16.0 Å². The molecule has 0 bridgehead atoms. The Morgan fingerprint density at radius 3 is 2.83 bits per heavy atom. The number of nitrogens with two attached hydrogens (primary N) is 1. The minimum Gasteiger partial charge on any atom is -0.486 e. The molecule has 4 nitrogen and oxygen atoms in total. The summed E-state index contributed by atoms with van der Waals surface area (Å²) in [5, 5.41) is 0. The van der Waals surface area contributed by atoms with Crippen LogP contribution in [0.5, 0.6) is 5.75 Å². The molecule has 0 aliphatic rings. The first kappa shape index (κ1) is 12.3. The number of hydrazine groups is 1. The summed E-state index contributed by atoms with van der Waals surface area (Å²) in [5.41, 5.74) is 3.08. The predicted octanol–water partition coefficient (Wildman–Crippen LogP) is 2.22. The van der Waals surface area contributed by atoms with E-state index in [0.717, 1.165) is 12.1 Å². The van der Waals surface area contributed by atoms with Crippen LogP contribution >= 0.6 is 0 Å². The number of nitrogens with one attached hydrogen (secondary N) is 1. The third-order valence-electron chi connectivity index (χ3n) is 2.31. The van der Waals surface area contributed by atoms with Crippen molar-refractivity contribution in [2.75, 3.05) is 5.43 Å². The van der Waals surface area contributed by atoms with E-state index in [1.165, 1.54) is 6.07 Å². The summed E-state index contributed by atoms with van der Waals surface area (Å²) in [6, 6.07) is 6.57. The first-order valence-electron chi connectivity index (χ1n) is 5.19. The van der Waals surface area contributed by atoms with Gasteiger partial charge in [-0.15, -0.1) is 0 Å². The Kier molecular flexibility index (Phi) is 3.69. The molecule has 0 saturated heterocycles. The average Bonchev–Trinajstić information content (AvgIpc) is 2.38. The van der Waals surface area contributed by atoms with Crippen LogP contribution in [-0.2, 0) is 6.61 Å². The smallest absolute Gasteiger partial charge is 0.167 e. The molecule has 0 spiro atoms. The molecule has 1 heterocycles. The molecule has 3 N–H and O–H groups in total. The summed E-state index contributed by atoms with van der Waals surface area (Å²) in [7, 11) is 0. The molecule has 0 unspecified atom stereocenters. The zero-order chi connectivity index (χ0) is 13.0. The monoisotopic (exact) mass is 251 g/mol. The molecule has 18 heavy (non-hydrogen) atoms. The van der Waals surface area contributed by atoms with Crippen LogP contribution in [0.1, 0.15) is 5.56 Å². The molecule has 0 aliphatic heterocycles. The lowest BCUT2D eigenvalue weighted by atomic mass is 10.2. The molecule has 0 fully saturated rings. The summed E-state index contributed by atoms with van der Waals surface area (Å²) in [6.45, 7) is 0.0793. The van der Waals surface area contributed by atoms with E-state index in [-0.39, 0.29) is 12.4 Å². The molecule has 0 saturated carbocycles. The number of anilines is 1. The number of hydrogen-bond acceptors (Lipinski definition) is 4. The van der Waals surface area contributed by atoms with Crippen molar-refractivity contribution in [3.63, 3.8) is 0 Å². The van der Waals surface area contributed by atoms with Crippen molar-refractivity contribution in [1.29, 1.82) is 0 Å². The van der Waals surface area contributed by atoms with Crippen LogP contribution in [0.15, 0.2) is 36.5 Å². The van der Waals surface area contributed by atoms with Crippen LogP contribution in [0.3, 0.4) is 0 Å². The van der Waals surface area contributed by atoms with Crippen molar-refractivity contribution in [2.24, 2.45) is 5.84 Å². The number of pyridine rings is 1. The number of ether oxygens (including phenoxy) is 1. The third-order valence-corrected chi connectivity index (χ3v) is 2.31. The molecule has 1 aromatic heterocycles. The number of aromatic nitrogens is 1. The number of benzene rings is 1. The van der Waals surface area contributed by atoms with Crippen molar-refractivity contribution in [3.8, 4) is 5.75 Å². The van der Waals surface area contributed by atoms with Crippen LogP contribution in [-0.4, -0.2) is 4.98 Å². The van der Waals surface area contributed by atoms with Gasteiger partial charge in [-0.1, -0.05) is 6.07 Å². The van der Waals surface area contributed by atoms with Crippen LogP contribution in [0.4, 0.5) is 14.6 Å². The van der Waals surface area contributed by atoms with E-state index in [0.29, 0.717) is 11.4 Å². The molecule has 94 valence electrons. The highest BCUT2D eigenvalue weighted by molar-refractivity contribution is 5.42. The molecule has 0 amide bonds. The van der Waals surface area contributed by atoms with E-state index in [9.17, 15) is 8.78 Å². The lowest BCUT2D eigenvalue weighted by molar-refractivity contribution is 0.289. The molecular weight excluding hydrogens is 240 g/mol. The van der Waals surface area contributed by atoms with Crippen molar-refractivity contribution in [2.45, 2.75) is 6.61 Å². The molecule has 0 radical (unpaired) electrons. The van der Waals surface area contributed by atoms with E-state index < -0.39 is 11.6 Å². The number of nitrogen functional groups attached to an aromatic ring is 1. The Labute approximate surface area is 102 Å². The highest BCUT2D eigenvalue weighted by atomic mass is 19.1. The average molecular weight is 251 g/mol. The quantitative estimate of drug-likeness (QED) is 0.646. The number of hydrogen-bond donors (Lipinski definition) is 2. The fourth-order valence-corrected chi connectivity index (χ4v) is 1.43. The maximum Gasteiger partial charge on any atom is 0.167 e. The second kappa shape index (κ2) is 5.42. The predicted molar refractivity (Wildman–Crippen MR) is 62.7 cm³/mol. The van der Waals surface area contributed by atoms with Crippen LogP contribution in [0, 0.1) is 11.6 Å². The molecule has 6 heteroatoms. The Balaban J connectivity index is 2.11. The normalized spacial score (nSPS) is 10.2. The first-order valence-corrected chi connectivity index (χ1v) is 5.19. The van der Waals surface area contributed by atoms with E-state index in [2.05, 4.69) is 10.4 Å². The fourth-order valence-electron chi connectivity index (χ4n) is 1.43. The molecule has 0 atom stereocenters. The number of halogens is 2. The van der Waals surface area contributed by atoms with Gasteiger partial charge in [-0.05, 0) is 18.2 Å². The highest BCUT2D eigenvalue weighted by Crippen LogP contribution is 2.20. The molecule has 2 aromatic rings. The lowest BCUT2D eigenvalue weighted by Gasteiger charge is -2.10. The van der Waals surface area contributed by atoms with Crippen molar-refractivity contribution >= 4 is 5.82 Å². The van der Waals surface area contributed by atoms with Gasteiger partial charge in [0.15, 0.2) is 11.6 Å². The second-order valence-electron chi connectivity index (χ2n) is 3.52. The molecular formula is C12H11F2N3O. The van der Waals surface area contributed by atoms with E-state index in [1.54, 1.807) is 18.3 Å². The number of nitrogens with zero attached hydrogens (tertiary/aromatic N) is 1. The molecule has 2 rings (SSSR count). The van der Waals surface area contributed by atoms with Gasteiger partial charge in [0.1, 0.15) is 18.2 Å². The summed E-state index contributed by atoms with van der Waals surface area (Å²) in [4.78, 5) is 3.98. The topological polar surface area (TPSA) is 60.2 Å². The summed E-state index contributed by atoms with van der Waals surface area (Å²) in [5.74, 6) is 4.30. The van der Waals surface area contributed by atoms with Gasteiger partial charge in [-0.3, -0.25) is 0 Å². The van der Waals surface area contributed by atoms with Gasteiger partial charge in [0.05, 0.1) is 0 Å². The van der Waals surface area contributed by atoms with Crippen LogP contribution in [0.25, 0.3) is 0 Å². The fraction of sp³-hybridized carbons (Fsp3) is 0.0833. The molecule has 0 aliphatic carbocycles. The van der Waals surface area contributed by atoms with E-state index in [1.807, 2.05) is 0 Å². The second-order valence-corrected chi connectivity index (χ2v) is 3.52. The largest absolute Gasteiger partial charge is 0.486 e. The zero-order valence-electron chi connectivity index (χ0n) is 9.36. The van der Waals surface area contributed by atoms with Crippen molar-refractivity contribution in [3.05, 3.63) is 53.7 Å². The molecule has 1 aromatic carbocycles.